The van der Waals surface area contributed by atoms with E-state index < -0.39 is 5.97 Å². The number of aliphatic imine (C=N–C) groups is 1. The van der Waals surface area contributed by atoms with Crippen molar-refractivity contribution in [2.24, 2.45) is 23.5 Å². The van der Waals surface area contributed by atoms with Crippen molar-refractivity contribution in [1.82, 2.24) is 4.57 Å². The molecule has 0 radical (unpaired) electrons. The van der Waals surface area contributed by atoms with Crippen molar-refractivity contribution in [3.8, 4) is 0 Å². The predicted octanol–water partition coefficient (Wildman–Crippen LogP) is -0.586. The Kier molecular flexibility index (Phi) is 4.92. The number of amides is 1. The van der Waals surface area contributed by atoms with Gasteiger partial charge in [0.1, 0.15) is 12.2 Å². The summed E-state index contributed by atoms with van der Waals surface area (Å²) in [6.07, 6.45) is 1.60. The van der Waals surface area contributed by atoms with Crippen molar-refractivity contribution in [2.75, 3.05) is 18.5 Å². The molecule has 19 heavy (non-hydrogen) atoms. The van der Waals surface area contributed by atoms with Crippen LogP contribution in [0, 0.1) is 0 Å². The number of nitrogens with zero attached hydrogens (tertiary/aromatic N) is 2. The van der Waals surface area contributed by atoms with Crippen molar-refractivity contribution in [2.45, 2.75) is 6.92 Å². The van der Waals surface area contributed by atoms with Gasteiger partial charge in [-0.3, -0.25) is 4.79 Å². The van der Waals surface area contributed by atoms with Crippen molar-refractivity contribution in [1.29, 1.82) is 0 Å². The van der Waals surface area contributed by atoms with Crippen LogP contribution in [0.3, 0.4) is 0 Å². The molecule has 8 nitrogen and oxygen atoms in total. The molecule has 0 spiro atoms. The fourth-order valence-corrected chi connectivity index (χ4v) is 1.40. The lowest BCUT2D eigenvalue weighted by Gasteiger charge is -2.01. The molecule has 0 unspecified atom stereocenters. The summed E-state index contributed by atoms with van der Waals surface area (Å²) in [5.74, 6) is -0.987. The van der Waals surface area contributed by atoms with E-state index in [1.807, 2.05) is 0 Å². The number of hydrogen-bond acceptors (Lipinski definition) is 4. The molecular formula is C11H17N5O3. The van der Waals surface area contributed by atoms with Crippen molar-refractivity contribution >= 4 is 23.5 Å². The lowest BCUT2D eigenvalue weighted by molar-refractivity contribution is -0.114. The normalized spacial score (nSPS) is 9.79. The molecule has 1 rings (SSSR count). The number of esters is 1. The Morgan fingerprint density at radius 1 is 1.47 bits per heavy atom. The Morgan fingerprint density at radius 2 is 2.16 bits per heavy atom. The number of carbonyl (C=O) groups excluding carboxylic acids is 2. The van der Waals surface area contributed by atoms with Crippen LogP contribution in [-0.2, 0) is 16.6 Å². The summed E-state index contributed by atoms with van der Waals surface area (Å²) in [6, 6.07) is 1.52. The standard InChI is InChI=1S/C11H17N5O3/c1-3-19-10(18)8-4-7(6-16(8)2)15-9(17)5-14-11(12)13/h4,6H,3,5H2,1-2H3,(H,15,17)(H4,12,13,14). The summed E-state index contributed by atoms with van der Waals surface area (Å²) in [4.78, 5) is 26.6. The lowest BCUT2D eigenvalue weighted by Crippen LogP contribution is -2.25. The molecule has 0 saturated heterocycles. The van der Waals surface area contributed by atoms with Gasteiger partial charge in [-0.15, -0.1) is 0 Å². The number of rotatable bonds is 5. The number of hydrogen-bond donors (Lipinski definition) is 3. The van der Waals surface area contributed by atoms with Gasteiger partial charge < -0.3 is 26.1 Å². The van der Waals surface area contributed by atoms with E-state index in [1.165, 1.54) is 6.07 Å². The molecule has 0 aliphatic heterocycles. The second-order valence-electron chi connectivity index (χ2n) is 3.73. The Hall–Kier alpha value is -2.51. The van der Waals surface area contributed by atoms with E-state index in [4.69, 9.17) is 16.2 Å². The zero-order valence-electron chi connectivity index (χ0n) is 10.8. The van der Waals surface area contributed by atoms with E-state index in [0.29, 0.717) is 11.4 Å². The van der Waals surface area contributed by atoms with E-state index in [0.717, 1.165) is 0 Å². The third kappa shape index (κ3) is 4.34. The van der Waals surface area contributed by atoms with Crippen LogP contribution >= 0.6 is 0 Å². The SMILES string of the molecule is CCOC(=O)c1cc(NC(=O)CN=C(N)N)cn1C. The molecule has 1 amide bonds. The summed E-state index contributed by atoms with van der Waals surface area (Å²) in [5.41, 5.74) is 11.1. The van der Waals surface area contributed by atoms with Crippen LogP contribution in [0.15, 0.2) is 17.3 Å². The summed E-state index contributed by atoms with van der Waals surface area (Å²) in [5, 5.41) is 2.57. The Labute approximate surface area is 110 Å². The number of nitrogens with one attached hydrogen (secondary N) is 1. The van der Waals surface area contributed by atoms with Crippen molar-refractivity contribution < 1.29 is 14.3 Å². The molecule has 5 N–H and O–H groups in total. The number of aromatic nitrogens is 1. The highest BCUT2D eigenvalue weighted by Gasteiger charge is 2.13. The highest BCUT2D eigenvalue weighted by atomic mass is 16.5. The number of ether oxygens (including phenoxy) is 1. The molecular weight excluding hydrogens is 250 g/mol. The van der Waals surface area contributed by atoms with Gasteiger partial charge in [0.05, 0.1) is 12.3 Å². The molecule has 0 aliphatic rings. The molecule has 0 fully saturated rings. The van der Waals surface area contributed by atoms with E-state index >= 15 is 0 Å². The Balaban J connectivity index is 2.71. The maximum atomic E-state index is 11.6. The van der Waals surface area contributed by atoms with Crippen LogP contribution in [0.4, 0.5) is 5.69 Å². The highest BCUT2D eigenvalue weighted by Crippen LogP contribution is 2.13. The third-order valence-corrected chi connectivity index (χ3v) is 2.18. The average Bonchev–Trinajstić information content (AvgIpc) is 2.68. The zero-order valence-corrected chi connectivity index (χ0v) is 10.8. The van der Waals surface area contributed by atoms with Gasteiger partial charge in [-0.25, -0.2) is 9.79 Å². The number of guanidine groups is 1. The molecule has 8 heteroatoms. The number of nitrogens with two attached hydrogens (primary N) is 2. The minimum atomic E-state index is -0.449. The van der Waals surface area contributed by atoms with Gasteiger partial charge in [-0.2, -0.15) is 0 Å². The van der Waals surface area contributed by atoms with E-state index in [9.17, 15) is 9.59 Å². The third-order valence-electron chi connectivity index (χ3n) is 2.18. The van der Waals surface area contributed by atoms with Crippen LogP contribution in [0.2, 0.25) is 0 Å². The minimum absolute atomic E-state index is 0.157. The fraction of sp³-hybridized carbons (Fsp3) is 0.364. The second-order valence-corrected chi connectivity index (χ2v) is 3.73. The quantitative estimate of drug-likeness (QED) is 0.374. The summed E-state index contributed by atoms with van der Waals surface area (Å²) in [7, 11) is 1.68. The van der Waals surface area contributed by atoms with Gasteiger partial charge in [0.2, 0.25) is 5.91 Å². The molecule has 1 heterocycles. The fourth-order valence-electron chi connectivity index (χ4n) is 1.40. The number of carbonyl (C=O) groups is 2. The first-order valence-electron chi connectivity index (χ1n) is 5.62. The highest BCUT2D eigenvalue weighted by molar-refractivity contribution is 5.96. The van der Waals surface area contributed by atoms with Gasteiger partial charge in [0, 0.05) is 13.2 Å². The first-order valence-corrected chi connectivity index (χ1v) is 5.62. The largest absolute Gasteiger partial charge is 0.461 e. The minimum Gasteiger partial charge on any atom is -0.461 e. The first kappa shape index (κ1) is 14.6. The molecule has 0 atom stereocenters. The topological polar surface area (TPSA) is 125 Å². The van der Waals surface area contributed by atoms with Crippen LogP contribution in [0.5, 0.6) is 0 Å². The molecule has 1 aromatic heterocycles. The average molecular weight is 267 g/mol. The van der Waals surface area contributed by atoms with Gasteiger partial charge in [-0.1, -0.05) is 0 Å². The molecule has 0 aliphatic carbocycles. The van der Waals surface area contributed by atoms with Gasteiger partial charge in [0.15, 0.2) is 5.96 Å². The summed E-state index contributed by atoms with van der Waals surface area (Å²) in [6.45, 7) is 1.83. The van der Waals surface area contributed by atoms with Gasteiger partial charge in [-0.05, 0) is 13.0 Å². The van der Waals surface area contributed by atoms with Crippen LogP contribution in [0.1, 0.15) is 17.4 Å². The van der Waals surface area contributed by atoms with E-state index in [-0.39, 0.29) is 25.0 Å². The lowest BCUT2D eigenvalue weighted by atomic mass is 10.4. The number of aryl methyl sites for hydroxylation is 1. The van der Waals surface area contributed by atoms with Crippen molar-refractivity contribution in [3.05, 3.63) is 18.0 Å². The molecule has 104 valence electrons. The van der Waals surface area contributed by atoms with Crippen LogP contribution < -0.4 is 16.8 Å². The smallest absolute Gasteiger partial charge is 0.355 e. The van der Waals surface area contributed by atoms with Gasteiger partial charge >= 0.3 is 5.97 Å². The van der Waals surface area contributed by atoms with Crippen LogP contribution in [-0.4, -0.2) is 35.6 Å². The molecule has 1 aromatic rings. The Bertz CT molecular complexity index is 502. The van der Waals surface area contributed by atoms with Crippen LogP contribution in [0.25, 0.3) is 0 Å². The van der Waals surface area contributed by atoms with E-state index in [2.05, 4.69) is 10.3 Å². The molecule has 0 bridgehead atoms. The maximum absolute atomic E-state index is 11.6. The second kappa shape index (κ2) is 6.43. The monoisotopic (exact) mass is 267 g/mol. The first-order chi connectivity index (χ1) is 8.93. The number of anilines is 1. The maximum Gasteiger partial charge on any atom is 0.355 e. The summed E-state index contributed by atoms with van der Waals surface area (Å²) >= 11 is 0. The zero-order chi connectivity index (χ0) is 14.4. The molecule has 0 aromatic carbocycles. The van der Waals surface area contributed by atoms with Crippen molar-refractivity contribution in [3.63, 3.8) is 0 Å². The predicted molar refractivity (Wildman–Crippen MR) is 70.7 cm³/mol. The van der Waals surface area contributed by atoms with Gasteiger partial charge in [0.25, 0.3) is 0 Å². The summed E-state index contributed by atoms with van der Waals surface area (Å²) < 4.78 is 6.44. The van der Waals surface area contributed by atoms with E-state index in [1.54, 1.807) is 24.7 Å². The molecule has 0 saturated carbocycles. The Morgan fingerprint density at radius 3 is 2.74 bits per heavy atom.